The van der Waals surface area contributed by atoms with Gasteiger partial charge in [0.15, 0.2) is 6.10 Å². The van der Waals surface area contributed by atoms with Crippen LogP contribution in [0.15, 0.2) is 146 Å². The monoisotopic (exact) mass is 1430 g/mol. The molecular weight excluding hydrogens is 1290 g/mol. The Bertz CT molecular complexity index is 2380. The summed E-state index contributed by atoms with van der Waals surface area (Å²) in [5, 5.41) is 20.6. The normalized spacial score (nSPS) is 14.9. The minimum absolute atomic E-state index is 0.0861. The van der Waals surface area contributed by atoms with Crippen LogP contribution in [0.2, 0.25) is 0 Å². The Kier molecular flexibility index (Phi) is 69.8. The number of hydrogen-bond acceptors (Lipinski definition) is 14. The SMILES string of the molecule is CC/C=C\C/C=C\C/C=C\C/C=C\C/C=C\CCCCCCCCCCCCCC(=O)OCC(O)COP(=O)(O)OCC(O)COP(=O)(O)OCC(COC(=O)CCCCCCCC/C=C\C/C=C\C/C=C\C/C=C\CC)OC(=O)CCCCCCCCC/C=C\C/C=C\C/C=C\CC. The van der Waals surface area contributed by atoms with Gasteiger partial charge in [0.1, 0.15) is 25.4 Å². The summed E-state index contributed by atoms with van der Waals surface area (Å²) in [7, 11) is -9.80. The van der Waals surface area contributed by atoms with Gasteiger partial charge in [-0.25, -0.2) is 9.13 Å². The molecule has 16 nitrogen and oxygen atoms in total. The molecule has 0 aromatic carbocycles. The van der Waals surface area contributed by atoms with E-state index in [-0.39, 0.29) is 19.3 Å². The van der Waals surface area contributed by atoms with Crippen molar-refractivity contribution in [2.24, 2.45) is 0 Å². The summed E-state index contributed by atoms with van der Waals surface area (Å²) in [4.78, 5) is 58.6. The van der Waals surface area contributed by atoms with Gasteiger partial charge in [0.05, 0.1) is 26.4 Å². The molecule has 0 amide bonds. The first-order chi connectivity index (χ1) is 48.2. The molecule has 566 valence electrons. The lowest BCUT2D eigenvalue weighted by Gasteiger charge is -2.21. The van der Waals surface area contributed by atoms with Crippen LogP contribution in [-0.4, -0.2) is 95.9 Å². The fourth-order valence-corrected chi connectivity index (χ4v) is 11.4. The molecule has 4 N–H and O–H groups in total. The zero-order valence-electron chi connectivity index (χ0n) is 61.6. The third kappa shape index (κ3) is 74.4. The van der Waals surface area contributed by atoms with Crippen LogP contribution in [0.1, 0.15) is 290 Å². The molecule has 0 fully saturated rings. The van der Waals surface area contributed by atoms with E-state index in [0.717, 1.165) is 186 Å². The maximum absolute atomic E-state index is 13.0. The summed E-state index contributed by atoms with van der Waals surface area (Å²) in [5.41, 5.74) is 0. The predicted molar refractivity (Wildman–Crippen MR) is 408 cm³/mol. The molecule has 18 heteroatoms. The maximum Gasteiger partial charge on any atom is 0.472 e. The second-order valence-electron chi connectivity index (χ2n) is 25.0. The smallest absolute Gasteiger partial charge is 0.463 e. The number of unbranched alkanes of at least 4 members (excludes halogenated alkanes) is 24. The van der Waals surface area contributed by atoms with Crippen molar-refractivity contribution in [3.63, 3.8) is 0 Å². The molecule has 0 saturated carbocycles. The topological polar surface area (TPSA) is 231 Å². The summed E-state index contributed by atoms with van der Waals surface area (Å²) >= 11 is 0. The second kappa shape index (κ2) is 73.2. The molecule has 5 unspecified atom stereocenters. The fourth-order valence-electron chi connectivity index (χ4n) is 9.84. The van der Waals surface area contributed by atoms with E-state index in [9.17, 15) is 43.5 Å². The molecule has 0 rings (SSSR count). The first-order valence-electron chi connectivity index (χ1n) is 38.1. The van der Waals surface area contributed by atoms with Gasteiger partial charge in [0.25, 0.3) is 0 Å². The van der Waals surface area contributed by atoms with Crippen molar-refractivity contribution in [2.45, 2.75) is 309 Å². The molecule has 0 aliphatic rings. The largest absolute Gasteiger partial charge is 0.472 e. The first kappa shape index (κ1) is 94.4. The molecule has 0 saturated heterocycles. The number of phosphoric ester groups is 2. The Hall–Kier alpha value is -4.57. The van der Waals surface area contributed by atoms with Crippen molar-refractivity contribution in [1.82, 2.24) is 0 Å². The van der Waals surface area contributed by atoms with Gasteiger partial charge in [0.2, 0.25) is 0 Å². The Morgan fingerprint density at radius 3 is 0.798 bits per heavy atom. The van der Waals surface area contributed by atoms with Crippen molar-refractivity contribution >= 4 is 33.6 Å². The Morgan fingerprint density at radius 1 is 0.283 bits per heavy atom. The molecule has 0 spiro atoms. The van der Waals surface area contributed by atoms with Crippen molar-refractivity contribution in [3.05, 3.63) is 146 Å². The van der Waals surface area contributed by atoms with E-state index in [2.05, 4.69) is 167 Å². The van der Waals surface area contributed by atoms with Crippen molar-refractivity contribution in [2.75, 3.05) is 39.6 Å². The standard InChI is InChI=1S/C81H136O16P2/c1-4-7-10-13-16-19-22-25-28-31-33-34-35-36-37-38-39-40-42-45-46-49-52-55-58-61-64-67-79(84)91-70-76(82)71-93-98(87,88)94-72-77(83)73-95-99(89,90)96-75-78(97-81(86)69-66-63-60-57-54-51-48-43-30-27-24-21-18-15-12-9-6-3)74-92-80(85)68-65-62-59-56-53-50-47-44-41-32-29-26-23-20-17-14-11-8-5-2/h7-12,16-21,25-30,33-34,36-37,41,44,76-78,82-83H,4-6,13-15,22-24,31-32,35,38-40,42-43,45-75H2,1-3H3,(H,87,88)(H,89,90)/b10-7-,11-8-,12-9-,19-16-,20-17-,21-18-,28-25-,29-26-,30-27-,34-33-,37-36-,44-41-. The van der Waals surface area contributed by atoms with Crippen LogP contribution >= 0.6 is 15.6 Å². The summed E-state index contributed by atoms with van der Waals surface area (Å²) < 4.78 is 61.1. The van der Waals surface area contributed by atoms with Crippen molar-refractivity contribution in [1.29, 1.82) is 0 Å². The Morgan fingerprint density at radius 2 is 0.505 bits per heavy atom. The number of allylic oxidation sites excluding steroid dienone is 24. The van der Waals surface area contributed by atoms with Crippen LogP contribution in [-0.2, 0) is 55.8 Å². The molecule has 0 aromatic rings. The summed E-state index contributed by atoms with van der Waals surface area (Å²) in [6.45, 7) is 2.31. The summed E-state index contributed by atoms with van der Waals surface area (Å²) in [6.07, 6.45) is 88.9. The van der Waals surface area contributed by atoms with Crippen molar-refractivity contribution in [3.8, 4) is 0 Å². The van der Waals surface area contributed by atoms with Crippen LogP contribution in [0.25, 0.3) is 0 Å². The third-order valence-corrected chi connectivity index (χ3v) is 17.4. The van der Waals surface area contributed by atoms with Crippen LogP contribution in [0.3, 0.4) is 0 Å². The van der Waals surface area contributed by atoms with Gasteiger partial charge in [-0.1, -0.05) is 282 Å². The van der Waals surface area contributed by atoms with Crippen LogP contribution in [0.4, 0.5) is 0 Å². The lowest BCUT2D eigenvalue weighted by molar-refractivity contribution is -0.161. The van der Waals surface area contributed by atoms with E-state index in [1.165, 1.54) is 44.9 Å². The predicted octanol–water partition coefficient (Wildman–Crippen LogP) is 22.1. The zero-order chi connectivity index (χ0) is 72.3. The lowest BCUT2D eigenvalue weighted by atomic mass is 10.0. The number of carbonyl (C=O) groups is 3. The van der Waals surface area contributed by atoms with E-state index in [4.69, 9.17) is 32.3 Å². The Balaban J connectivity index is 4.60. The second-order valence-corrected chi connectivity index (χ2v) is 27.9. The van der Waals surface area contributed by atoms with Crippen LogP contribution < -0.4 is 0 Å². The average molecular weight is 1430 g/mol. The van der Waals surface area contributed by atoms with Gasteiger partial charge in [-0.05, 0) is 135 Å². The molecule has 0 aliphatic carbocycles. The van der Waals surface area contributed by atoms with E-state index in [1.54, 1.807) is 0 Å². The van der Waals surface area contributed by atoms with Gasteiger partial charge in [-0.15, -0.1) is 0 Å². The number of hydrogen-bond donors (Lipinski definition) is 4. The van der Waals surface area contributed by atoms with Crippen LogP contribution in [0.5, 0.6) is 0 Å². The highest BCUT2D eigenvalue weighted by molar-refractivity contribution is 7.47. The maximum atomic E-state index is 13.0. The number of ether oxygens (including phenoxy) is 3. The number of rotatable bonds is 71. The molecule has 5 atom stereocenters. The third-order valence-electron chi connectivity index (χ3n) is 15.5. The molecule has 0 heterocycles. The average Bonchev–Trinajstić information content (AvgIpc) is 2.62. The van der Waals surface area contributed by atoms with Crippen molar-refractivity contribution < 1.29 is 75.8 Å². The molecule has 0 aliphatic heterocycles. The number of esters is 3. The van der Waals surface area contributed by atoms with Gasteiger partial charge in [0, 0.05) is 19.3 Å². The van der Waals surface area contributed by atoms with Gasteiger partial charge in [-0.2, -0.15) is 0 Å². The molecular formula is C81H136O16P2. The van der Waals surface area contributed by atoms with Gasteiger partial charge < -0.3 is 34.2 Å². The number of aliphatic hydroxyl groups is 2. The number of carbonyl (C=O) groups excluding carboxylic acids is 3. The molecule has 0 aromatic heterocycles. The summed E-state index contributed by atoms with van der Waals surface area (Å²) in [5.74, 6) is -1.61. The van der Waals surface area contributed by atoms with E-state index in [0.29, 0.717) is 19.3 Å². The minimum atomic E-state index is -4.94. The van der Waals surface area contributed by atoms with Crippen LogP contribution in [0, 0.1) is 0 Å². The fraction of sp³-hybridized carbons (Fsp3) is 0.667. The van der Waals surface area contributed by atoms with Gasteiger partial charge in [-0.3, -0.25) is 32.5 Å². The zero-order valence-corrected chi connectivity index (χ0v) is 63.4. The Labute approximate surface area is 600 Å². The highest BCUT2D eigenvalue weighted by Crippen LogP contribution is 2.45. The summed E-state index contributed by atoms with van der Waals surface area (Å²) in [6, 6.07) is 0. The number of phosphoric acid groups is 2. The number of aliphatic hydroxyl groups excluding tert-OH is 2. The quantitative estimate of drug-likeness (QED) is 0.0146. The molecule has 99 heavy (non-hydrogen) atoms. The van der Waals surface area contributed by atoms with E-state index >= 15 is 0 Å². The highest BCUT2D eigenvalue weighted by Gasteiger charge is 2.29. The molecule has 0 radical (unpaired) electrons. The molecule has 0 bridgehead atoms. The lowest BCUT2D eigenvalue weighted by Crippen LogP contribution is -2.30. The minimum Gasteiger partial charge on any atom is -0.463 e. The van der Waals surface area contributed by atoms with Gasteiger partial charge >= 0.3 is 33.6 Å². The van der Waals surface area contributed by atoms with E-state index in [1.807, 2.05) is 0 Å². The first-order valence-corrected chi connectivity index (χ1v) is 41.1. The van der Waals surface area contributed by atoms with E-state index < -0.39 is 91.5 Å². The highest BCUT2D eigenvalue weighted by atomic mass is 31.2.